The topological polar surface area (TPSA) is 107 Å². The van der Waals surface area contributed by atoms with Crippen molar-refractivity contribution >= 4 is 17.3 Å². The molecule has 1 saturated heterocycles. The van der Waals surface area contributed by atoms with E-state index < -0.39 is 0 Å². The van der Waals surface area contributed by atoms with Gasteiger partial charge in [-0.25, -0.2) is 0 Å². The average Bonchev–Trinajstić information content (AvgIpc) is 3.02. The molecular formula is C28H41KN6O2. The summed E-state index contributed by atoms with van der Waals surface area (Å²) in [5, 5.41) is 36.1. The van der Waals surface area contributed by atoms with Crippen molar-refractivity contribution in [3.63, 3.8) is 0 Å². The zero-order chi connectivity index (χ0) is 26.7. The zero-order valence-electron chi connectivity index (χ0n) is 23.9. The second kappa shape index (κ2) is 13.0. The second-order valence-corrected chi connectivity index (χ2v) is 11.0. The molecule has 1 fully saturated rings. The van der Waals surface area contributed by atoms with Gasteiger partial charge in [-0.1, -0.05) is 18.6 Å². The van der Waals surface area contributed by atoms with Crippen molar-refractivity contribution in [2.24, 2.45) is 10.2 Å². The number of hydrogen-bond donors (Lipinski definition) is 3. The Morgan fingerprint density at radius 1 is 1.24 bits per heavy atom. The molecular weight excluding hydrogens is 491 g/mol. The van der Waals surface area contributed by atoms with Gasteiger partial charge in [-0.05, 0) is 71.2 Å². The maximum Gasteiger partial charge on any atom is 1.00 e. The standard InChI is InChI=1S/C28H41N6O2.K/c1-9-18-12-23(21-11-10-19(14-24(21)35)22(29)15-26(30-6)36-8)31-32-25(13-18)34(7)20-16-27(2,3)33-28(4,5)17-20;/h10-12,14-15,20,33H,9,13,16-17H2,1-8H3,(H2-,29,30,31,35);/q-1;+1. The number of nitrogens with one attached hydrogen (secondary N) is 2. The predicted molar refractivity (Wildman–Crippen MR) is 148 cm³/mol. The van der Waals surface area contributed by atoms with Gasteiger partial charge in [0.2, 0.25) is 0 Å². The molecule has 0 aromatic heterocycles. The summed E-state index contributed by atoms with van der Waals surface area (Å²) >= 11 is 0. The Labute approximate surface area is 264 Å². The van der Waals surface area contributed by atoms with Gasteiger partial charge in [0.25, 0.3) is 0 Å². The molecule has 8 nitrogen and oxygen atoms in total. The molecule has 0 unspecified atom stereocenters. The van der Waals surface area contributed by atoms with Crippen LogP contribution in [0.4, 0.5) is 0 Å². The molecule has 0 bridgehead atoms. The van der Waals surface area contributed by atoms with E-state index in [2.05, 4.69) is 67.4 Å². The van der Waals surface area contributed by atoms with E-state index in [-0.39, 0.29) is 73.9 Å². The van der Waals surface area contributed by atoms with Gasteiger partial charge < -0.3 is 30.8 Å². The molecule has 37 heavy (non-hydrogen) atoms. The maximum absolute atomic E-state index is 10.8. The summed E-state index contributed by atoms with van der Waals surface area (Å²) in [4.78, 5) is 2.29. The van der Waals surface area contributed by atoms with Gasteiger partial charge in [0.05, 0.1) is 18.5 Å². The maximum atomic E-state index is 10.8. The molecule has 0 spiro atoms. The molecule has 9 heteroatoms. The fourth-order valence-electron chi connectivity index (χ4n) is 5.27. The van der Waals surface area contributed by atoms with Crippen LogP contribution in [0.5, 0.6) is 5.75 Å². The number of piperidine rings is 1. The van der Waals surface area contributed by atoms with Crippen LogP contribution >= 0.6 is 0 Å². The monoisotopic (exact) mass is 532 g/mol. The van der Waals surface area contributed by atoms with Crippen molar-refractivity contribution in [3.05, 3.63) is 58.3 Å². The quantitative estimate of drug-likeness (QED) is 0.285. The molecule has 0 saturated carbocycles. The number of phenolic OH excluding ortho intramolecular Hbond substituents is 1. The van der Waals surface area contributed by atoms with Gasteiger partial charge in [0, 0.05) is 47.6 Å². The molecule has 2 aliphatic heterocycles. The normalized spacial score (nSPS) is 19.5. The Bertz CT molecular complexity index is 1100. The Hall–Kier alpha value is -1.49. The van der Waals surface area contributed by atoms with E-state index >= 15 is 0 Å². The Morgan fingerprint density at radius 3 is 2.43 bits per heavy atom. The van der Waals surface area contributed by atoms with E-state index in [0.717, 1.165) is 31.5 Å². The number of ether oxygens (including phenoxy) is 1. The van der Waals surface area contributed by atoms with Gasteiger partial charge in [-0.2, -0.15) is 0 Å². The first-order valence-electron chi connectivity index (χ1n) is 12.5. The van der Waals surface area contributed by atoms with Gasteiger partial charge in [0.1, 0.15) is 11.6 Å². The fraction of sp³-hybridized carbons (Fsp3) is 0.536. The average molecular weight is 533 g/mol. The number of hydrogen-bond acceptors (Lipinski definition) is 7. The fourth-order valence-corrected chi connectivity index (χ4v) is 5.27. The molecule has 0 atom stereocenters. The minimum Gasteiger partial charge on any atom is -0.656 e. The summed E-state index contributed by atoms with van der Waals surface area (Å²) < 4.78 is 5.12. The summed E-state index contributed by atoms with van der Waals surface area (Å²) in [6.07, 6.45) is 7.17. The minimum atomic E-state index is 0. The number of aromatic hydroxyl groups is 1. The van der Waals surface area contributed by atoms with E-state index in [1.807, 2.05) is 6.08 Å². The minimum absolute atomic E-state index is 0. The van der Waals surface area contributed by atoms with Crippen LogP contribution in [0.25, 0.3) is 5.32 Å². The Balaban J connectivity index is 0.00000481. The molecule has 1 aromatic carbocycles. The number of methoxy groups -OCH3 is 1. The number of allylic oxidation sites excluding steroid dienone is 2. The van der Waals surface area contributed by atoms with Crippen LogP contribution in [0.15, 0.2) is 52.0 Å². The van der Waals surface area contributed by atoms with Gasteiger partial charge in [0.15, 0.2) is 0 Å². The molecule has 3 N–H and O–H groups in total. The van der Waals surface area contributed by atoms with Gasteiger partial charge in [-0.3, -0.25) is 0 Å². The molecule has 1 aromatic rings. The molecule has 0 radical (unpaired) electrons. The number of benzene rings is 1. The van der Waals surface area contributed by atoms with Crippen LogP contribution < -0.4 is 56.7 Å². The molecule has 0 aliphatic carbocycles. The smallest absolute Gasteiger partial charge is 0.656 e. The molecule has 2 heterocycles. The van der Waals surface area contributed by atoms with Crippen LogP contribution in [0.3, 0.4) is 0 Å². The van der Waals surface area contributed by atoms with Crippen LogP contribution in [0.2, 0.25) is 0 Å². The van der Waals surface area contributed by atoms with Crippen molar-refractivity contribution in [1.82, 2.24) is 10.2 Å². The zero-order valence-corrected chi connectivity index (χ0v) is 27.1. The van der Waals surface area contributed by atoms with Crippen molar-refractivity contribution in [2.45, 2.75) is 77.4 Å². The van der Waals surface area contributed by atoms with Crippen molar-refractivity contribution in [2.75, 3.05) is 21.2 Å². The van der Waals surface area contributed by atoms with E-state index in [0.29, 0.717) is 28.8 Å². The summed E-state index contributed by atoms with van der Waals surface area (Å²) in [5.41, 5.74) is 3.24. The van der Waals surface area contributed by atoms with Crippen molar-refractivity contribution in [1.29, 1.82) is 5.41 Å². The van der Waals surface area contributed by atoms with E-state index in [9.17, 15) is 5.11 Å². The third kappa shape index (κ3) is 8.24. The largest absolute Gasteiger partial charge is 1.00 e. The molecule has 3 rings (SSSR count). The summed E-state index contributed by atoms with van der Waals surface area (Å²) in [5.74, 6) is 1.34. The summed E-state index contributed by atoms with van der Waals surface area (Å²) in [6, 6.07) is 5.50. The first kappa shape index (κ1) is 31.7. The van der Waals surface area contributed by atoms with Crippen LogP contribution in [-0.4, -0.2) is 65.6 Å². The number of phenols is 1. The first-order valence-corrected chi connectivity index (χ1v) is 12.5. The Morgan fingerprint density at radius 2 is 1.89 bits per heavy atom. The van der Waals surface area contributed by atoms with Crippen LogP contribution in [-0.2, 0) is 4.74 Å². The van der Waals surface area contributed by atoms with Gasteiger partial charge in [-0.15, -0.1) is 17.3 Å². The first-order chi connectivity index (χ1) is 16.9. The van der Waals surface area contributed by atoms with Crippen LogP contribution in [0.1, 0.15) is 71.4 Å². The second-order valence-electron chi connectivity index (χ2n) is 11.0. The van der Waals surface area contributed by atoms with Gasteiger partial charge >= 0.3 is 51.4 Å². The van der Waals surface area contributed by atoms with E-state index in [4.69, 9.17) is 10.1 Å². The van der Waals surface area contributed by atoms with Crippen molar-refractivity contribution < 1.29 is 61.2 Å². The SMILES string of the molecule is CCC1=CC(c2ccc(C(=N)/C=C(\[N-]C)OC)cc2O)=NN=C(N(C)C2CC(C)(C)NC(C)(C)C2)C1.[K+]. The summed E-state index contributed by atoms with van der Waals surface area (Å²) in [7, 11) is 5.23. The number of amidine groups is 1. The van der Waals surface area contributed by atoms with E-state index in [1.54, 1.807) is 25.2 Å². The van der Waals surface area contributed by atoms with E-state index in [1.165, 1.54) is 18.8 Å². The number of nitrogens with zero attached hydrogens (tertiary/aromatic N) is 4. The summed E-state index contributed by atoms with van der Waals surface area (Å²) in [6.45, 7) is 11.2. The molecule has 0 amide bonds. The third-order valence-corrected chi connectivity index (χ3v) is 6.86. The van der Waals surface area contributed by atoms with Crippen molar-refractivity contribution in [3.8, 4) is 5.75 Å². The predicted octanol–water partition coefficient (Wildman–Crippen LogP) is 2.34. The molecule has 2 aliphatic rings. The Kier molecular flexibility index (Phi) is 11.2. The third-order valence-electron chi connectivity index (χ3n) is 6.86. The number of rotatable bonds is 7. The van der Waals surface area contributed by atoms with Crippen LogP contribution in [0, 0.1) is 5.41 Å². The molecule has 196 valence electrons.